The van der Waals surface area contributed by atoms with E-state index in [0.29, 0.717) is 18.9 Å². The molecule has 2 atom stereocenters. The Balaban J connectivity index is 1.85. The van der Waals surface area contributed by atoms with Crippen LogP contribution in [0.25, 0.3) is 0 Å². The predicted octanol–water partition coefficient (Wildman–Crippen LogP) is 1.04. The number of hydrogen-bond donors (Lipinski definition) is 1. The average molecular weight is 258 g/mol. The van der Waals surface area contributed by atoms with Crippen molar-refractivity contribution in [1.82, 2.24) is 9.97 Å². The summed E-state index contributed by atoms with van der Waals surface area (Å²) in [5.74, 6) is 0.163. The minimum Gasteiger partial charge on any atom is -0.481 e. The monoisotopic (exact) mass is 258 g/mol. The van der Waals surface area contributed by atoms with Crippen LogP contribution in [0.3, 0.4) is 0 Å². The standard InChI is InChI=1S/C13H14N4O2/c14-4-10-5-16-11(6-15-10)17-7-9-2-1-3-13(9,8-17)12(18)19/h5-6,9H,1-3,7-8H2,(H,18,19)/t9-,13+/m0/s1. The second kappa shape index (κ2) is 4.19. The van der Waals surface area contributed by atoms with Gasteiger partial charge in [-0.15, -0.1) is 0 Å². The van der Waals surface area contributed by atoms with Gasteiger partial charge >= 0.3 is 5.97 Å². The van der Waals surface area contributed by atoms with E-state index in [0.717, 1.165) is 19.3 Å². The quantitative estimate of drug-likeness (QED) is 0.852. The molecule has 0 unspecified atom stereocenters. The fourth-order valence-electron chi connectivity index (χ4n) is 3.36. The molecule has 1 aromatic rings. The normalized spacial score (nSPS) is 29.0. The second-order valence-corrected chi connectivity index (χ2v) is 5.30. The average Bonchev–Trinajstić information content (AvgIpc) is 2.96. The highest BCUT2D eigenvalue weighted by molar-refractivity contribution is 5.77. The molecule has 1 aliphatic carbocycles. The summed E-state index contributed by atoms with van der Waals surface area (Å²) in [5, 5.41) is 18.2. The summed E-state index contributed by atoms with van der Waals surface area (Å²) in [6.07, 6.45) is 5.68. The molecular weight excluding hydrogens is 244 g/mol. The summed E-state index contributed by atoms with van der Waals surface area (Å²) in [6, 6.07) is 1.92. The van der Waals surface area contributed by atoms with Gasteiger partial charge in [0.1, 0.15) is 11.9 Å². The van der Waals surface area contributed by atoms with Crippen LogP contribution in [0.2, 0.25) is 0 Å². The Morgan fingerprint density at radius 3 is 2.95 bits per heavy atom. The molecule has 0 aromatic carbocycles. The molecule has 1 aromatic heterocycles. The zero-order chi connectivity index (χ0) is 13.5. The van der Waals surface area contributed by atoms with Crippen LogP contribution in [0, 0.1) is 22.7 Å². The van der Waals surface area contributed by atoms with Gasteiger partial charge in [-0.25, -0.2) is 9.97 Å². The lowest BCUT2D eigenvalue weighted by Gasteiger charge is -2.23. The topological polar surface area (TPSA) is 90.1 Å². The highest BCUT2D eigenvalue weighted by Crippen LogP contribution is 2.49. The lowest BCUT2D eigenvalue weighted by molar-refractivity contribution is -0.149. The van der Waals surface area contributed by atoms with Crippen LogP contribution < -0.4 is 4.90 Å². The molecule has 0 amide bonds. The first kappa shape index (κ1) is 11.9. The van der Waals surface area contributed by atoms with Crippen molar-refractivity contribution in [2.45, 2.75) is 19.3 Å². The van der Waals surface area contributed by atoms with Crippen LogP contribution in [0.5, 0.6) is 0 Å². The van der Waals surface area contributed by atoms with Crippen molar-refractivity contribution < 1.29 is 9.90 Å². The maximum Gasteiger partial charge on any atom is 0.311 e. The number of aliphatic carboxylic acids is 1. The third-order valence-electron chi connectivity index (χ3n) is 4.37. The van der Waals surface area contributed by atoms with Crippen molar-refractivity contribution in [2.24, 2.45) is 11.3 Å². The van der Waals surface area contributed by atoms with E-state index >= 15 is 0 Å². The van der Waals surface area contributed by atoms with Crippen molar-refractivity contribution >= 4 is 11.8 Å². The number of carboxylic acid groups (broad SMARTS) is 1. The lowest BCUT2D eigenvalue weighted by Crippen LogP contribution is -2.35. The first-order chi connectivity index (χ1) is 9.15. The summed E-state index contributed by atoms with van der Waals surface area (Å²) >= 11 is 0. The molecular formula is C13H14N4O2. The van der Waals surface area contributed by atoms with Gasteiger partial charge in [0.2, 0.25) is 0 Å². The van der Waals surface area contributed by atoms with Crippen molar-refractivity contribution in [3.63, 3.8) is 0 Å². The third kappa shape index (κ3) is 1.73. The summed E-state index contributed by atoms with van der Waals surface area (Å²) in [4.78, 5) is 21.7. The molecule has 0 radical (unpaired) electrons. The van der Waals surface area contributed by atoms with Crippen LogP contribution in [-0.2, 0) is 4.79 Å². The predicted molar refractivity (Wildman–Crippen MR) is 66.4 cm³/mol. The maximum atomic E-state index is 11.6. The number of fused-ring (bicyclic) bond motifs is 1. The second-order valence-electron chi connectivity index (χ2n) is 5.30. The van der Waals surface area contributed by atoms with Crippen LogP contribution in [0.4, 0.5) is 5.82 Å². The summed E-state index contributed by atoms with van der Waals surface area (Å²) in [5.41, 5.74) is -0.341. The van der Waals surface area contributed by atoms with Crippen LogP contribution in [0.15, 0.2) is 12.4 Å². The fourth-order valence-corrected chi connectivity index (χ4v) is 3.36. The minimum absolute atomic E-state index is 0.197. The van der Waals surface area contributed by atoms with E-state index in [-0.39, 0.29) is 11.6 Å². The number of carboxylic acids is 1. The minimum atomic E-state index is -0.695. The van der Waals surface area contributed by atoms with Crippen molar-refractivity contribution in [1.29, 1.82) is 5.26 Å². The highest BCUT2D eigenvalue weighted by Gasteiger charge is 2.55. The van der Waals surface area contributed by atoms with E-state index in [2.05, 4.69) is 9.97 Å². The van der Waals surface area contributed by atoms with Gasteiger partial charge in [-0.3, -0.25) is 4.79 Å². The number of hydrogen-bond acceptors (Lipinski definition) is 5. The Morgan fingerprint density at radius 1 is 1.53 bits per heavy atom. The van der Waals surface area contributed by atoms with Crippen molar-refractivity contribution in [3.05, 3.63) is 18.1 Å². The zero-order valence-corrected chi connectivity index (χ0v) is 10.4. The summed E-state index contributed by atoms with van der Waals surface area (Å²) in [6.45, 7) is 1.21. The number of carbonyl (C=O) groups is 1. The largest absolute Gasteiger partial charge is 0.481 e. The number of nitriles is 1. The molecule has 3 rings (SSSR count). The Bertz CT molecular complexity index is 551. The Morgan fingerprint density at radius 2 is 2.37 bits per heavy atom. The van der Waals surface area contributed by atoms with E-state index in [1.54, 1.807) is 6.20 Å². The number of rotatable bonds is 2. The van der Waals surface area contributed by atoms with Gasteiger partial charge in [0.15, 0.2) is 5.69 Å². The molecule has 1 N–H and O–H groups in total. The van der Waals surface area contributed by atoms with E-state index < -0.39 is 11.4 Å². The van der Waals surface area contributed by atoms with Gasteiger partial charge in [-0.05, 0) is 18.8 Å². The molecule has 6 heteroatoms. The van der Waals surface area contributed by atoms with Crippen LogP contribution in [0.1, 0.15) is 25.0 Å². The first-order valence-corrected chi connectivity index (χ1v) is 6.36. The van der Waals surface area contributed by atoms with E-state index in [4.69, 9.17) is 5.26 Å². The Hall–Kier alpha value is -2.16. The molecule has 1 saturated heterocycles. The van der Waals surface area contributed by atoms with E-state index in [1.807, 2.05) is 11.0 Å². The molecule has 2 fully saturated rings. The maximum absolute atomic E-state index is 11.6. The van der Waals surface area contributed by atoms with Gasteiger partial charge in [0.25, 0.3) is 0 Å². The lowest BCUT2D eigenvalue weighted by atomic mass is 9.81. The molecule has 0 bridgehead atoms. The molecule has 6 nitrogen and oxygen atoms in total. The van der Waals surface area contributed by atoms with E-state index in [9.17, 15) is 9.90 Å². The fraction of sp³-hybridized carbons (Fsp3) is 0.538. The Kier molecular flexibility index (Phi) is 2.63. The van der Waals surface area contributed by atoms with Crippen molar-refractivity contribution in [3.8, 4) is 6.07 Å². The Labute approximate surface area is 110 Å². The molecule has 98 valence electrons. The van der Waals surface area contributed by atoms with Crippen molar-refractivity contribution in [2.75, 3.05) is 18.0 Å². The number of aromatic nitrogens is 2. The molecule has 19 heavy (non-hydrogen) atoms. The highest BCUT2D eigenvalue weighted by atomic mass is 16.4. The zero-order valence-electron chi connectivity index (χ0n) is 10.4. The van der Waals surface area contributed by atoms with Gasteiger partial charge in [0.05, 0.1) is 17.8 Å². The van der Waals surface area contributed by atoms with Gasteiger partial charge in [-0.2, -0.15) is 5.26 Å². The summed E-state index contributed by atoms with van der Waals surface area (Å²) in [7, 11) is 0. The molecule has 1 saturated carbocycles. The SMILES string of the molecule is N#Cc1cnc(N2C[C@@H]3CCC[C@@]3(C(=O)O)C2)cn1. The molecule has 0 spiro atoms. The third-order valence-corrected chi connectivity index (χ3v) is 4.37. The number of nitrogens with zero attached hydrogens (tertiary/aromatic N) is 4. The summed E-state index contributed by atoms with van der Waals surface area (Å²) < 4.78 is 0. The van der Waals surface area contributed by atoms with Gasteiger partial charge in [0, 0.05) is 13.1 Å². The van der Waals surface area contributed by atoms with Gasteiger partial charge in [-0.1, -0.05) is 6.42 Å². The van der Waals surface area contributed by atoms with Gasteiger partial charge < -0.3 is 10.0 Å². The molecule has 1 aliphatic heterocycles. The molecule has 2 heterocycles. The number of anilines is 1. The first-order valence-electron chi connectivity index (χ1n) is 6.36. The smallest absolute Gasteiger partial charge is 0.311 e. The van der Waals surface area contributed by atoms with Crippen LogP contribution in [-0.4, -0.2) is 34.1 Å². The molecule has 2 aliphatic rings. The van der Waals surface area contributed by atoms with E-state index in [1.165, 1.54) is 6.20 Å². The van der Waals surface area contributed by atoms with Crippen LogP contribution >= 0.6 is 0 Å².